The van der Waals surface area contributed by atoms with E-state index in [0.717, 1.165) is 5.69 Å². The van der Waals surface area contributed by atoms with E-state index in [1.54, 1.807) is 24.3 Å². The highest BCUT2D eigenvalue weighted by Gasteiger charge is 2.09. The Labute approximate surface area is 133 Å². The molecule has 1 aromatic rings. The van der Waals surface area contributed by atoms with Crippen molar-refractivity contribution in [1.29, 1.82) is 0 Å². The smallest absolute Gasteiger partial charge is 0.311 e. The zero-order valence-electron chi connectivity index (χ0n) is 11.4. The van der Waals surface area contributed by atoms with Crippen LogP contribution in [0.5, 0.6) is 5.75 Å². The molecule has 0 spiro atoms. The number of carboxylic acids is 1. The van der Waals surface area contributed by atoms with Gasteiger partial charge in [-0.3, -0.25) is 9.59 Å². The van der Waals surface area contributed by atoms with Crippen molar-refractivity contribution in [2.75, 3.05) is 29.7 Å². The summed E-state index contributed by atoms with van der Waals surface area (Å²) < 4.78 is 5.05. The van der Waals surface area contributed by atoms with E-state index in [1.807, 2.05) is 4.90 Å². The Bertz CT molecular complexity index is 459. The van der Waals surface area contributed by atoms with Crippen molar-refractivity contribution in [3.63, 3.8) is 0 Å². The van der Waals surface area contributed by atoms with E-state index in [-0.39, 0.29) is 12.8 Å². The minimum absolute atomic E-state index is 0.151. The Morgan fingerprint density at radius 2 is 1.62 bits per heavy atom. The number of carbonyl (C=O) groups excluding carboxylic acids is 1. The second-order valence-electron chi connectivity index (χ2n) is 4.23. The van der Waals surface area contributed by atoms with Gasteiger partial charge in [0.1, 0.15) is 5.75 Å². The first kappa shape index (κ1) is 17.6. The monoisotopic (exact) mass is 333 g/mol. The predicted octanol–water partition coefficient (Wildman–Crippen LogP) is 2.74. The first-order valence-electron chi connectivity index (χ1n) is 6.46. The van der Waals surface area contributed by atoms with Crippen molar-refractivity contribution in [3.8, 4) is 5.75 Å². The van der Waals surface area contributed by atoms with Gasteiger partial charge in [-0.05, 0) is 24.3 Å². The minimum Gasteiger partial charge on any atom is -0.481 e. The van der Waals surface area contributed by atoms with Gasteiger partial charge in [0.2, 0.25) is 0 Å². The number of aliphatic carboxylic acids is 1. The molecule has 21 heavy (non-hydrogen) atoms. The van der Waals surface area contributed by atoms with Crippen LogP contribution in [0.1, 0.15) is 12.8 Å². The van der Waals surface area contributed by atoms with Crippen LogP contribution in [-0.4, -0.2) is 41.9 Å². The Morgan fingerprint density at radius 3 is 2.10 bits per heavy atom. The van der Waals surface area contributed by atoms with E-state index in [0.29, 0.717) is 30.6 Å². The fourth-order valence-corrected chi connectivity index (χ4v) is 2.10. The SMILES string of the molecule is O=C(O)CCC(=O)Oc1ccc(N(CCCl)CCCl)cc1. The van der Waals surface area contributed by atoms with Crippen molar-refractivity contribution in [2.45, 2.75) is 12.8 Å². The summed E-state index contributed by atoms with van der Waals surface area (Å²) in [6.45, 7) is 1.35. The first-order chi connectivity index (χ1) is 10.1. The molecule has 1 N–H and O–H groups in total. The Balaban J connectivity index is 2.60. The fourth-order valence-electron chi connectivity index (χ4n) is 1.69. The van der Waals surface area contributed by atoms with Crippen LogP contribution in [-0.2, 0) is 9.59 Å². The molecule has 0 aliphatic heterocycles. The Hall–Kier alpha value is -1.46. The second kappa shape index (κ2) is 9.47. The van der Waals surface area contributed by atoms with Crippen LogP contribution in [0.4, 0.5) is 5.69 Å². The highest BCUT2D eigenvalue weighted by molar-refractivity contribution is 6.18. The highest BCUT2D eigenvalue weighted by atomic mass is 35.5. The standard InChI is InChI=1S/C14H17Cl2NO4/c15-7-9-17(10-8-16)11-1-3-12(4-2-11)21-14(20)6-5-13(18)19/h1-4H,5-10H2,(H,18,19). The van der Waals surface area contributed by atoms with Gasteiger partial charge in [0.15, 0.2) is 0 Å². The summed E-state index contributed by atoms with van der Waals surface area (Å²) in [6, 6.07) is 6.92. The third kappa shape index (κ3) is 6.69. The topological polar surface area (TPSA) is 66.8 Å². The molecule has 0 radical (unpaired) electrons. The average Bonchev–Trinajstić information content (AvgIpc) is 2.46. The van der Waals surface area contributed by atoms with Gasteiger partial charge >= 0.3 is 11.9 Å². The zero-order valence-corrected chi connectivity index (χ0v) is 12.9. The second-order valence-corrected chi connectivity index (χ2v) is 4.98. The summed E-state index contributed by atoms with van der Waals surface area (Å²) >= 11 is 11.5. The number of halogens is 2. The lowest BCUT2D eigenvalue weighted by Gasteiger charge is -2.22. The maximum Gasteiger partial charge on any atom is 0.311 e. The molecule has 5 nitrogen and oxygen atoms in total. The molecule has 1 rings (SSSR count). The van der Waals surface area contributed by atoms with Gasteiger partial charge in [0.25, 0.3) is 0 Å². The maximum atomic E-state index is 11.4. The molecule has 0 aliphatic rings. The van der Waals surface area contributed by atoms with E-state index in [2.05, 4.69) is 0 Å². The summed E-state index contributed by atoms with van der Waals surface area (Å²) in [5.41, 5.74) is 0.932. The molecular formula is C14H17Cl2NO4. The molecule has 0 saturated heterocycles. The van der Waals surface area contributed by atoms with Crippen LogP contribution in [0.15, 0.2) is 24.3 Å². The van der Waals surface area contributed by atoms with Crippen LogP contribution >= 0.6 is 23.2 Å². The van der Waals surface area contributed by atoms with Crippen LogP contribution in [0.3, 0.4) is 0 Å². The molecule has 1 aromatic carbocycles. The minimum atomic E-state index is -1.03. The molecular weight excluding hydrogens is 317 g/mol. The van der Waals surface area contributed by atoms with Crippen LogP contribution in [0, 0.1) is 0 Å². The largest absolute Gasteiger partial charge is 0.481 e. The number of nitrogens with zero attached hydrogens (tertiary/aromatic N) is 1. The quantitative estimate of drug-likeness (QED) is 0.427. The third-order valence-corrected chi connectivity index (χ3v) is 3.02. The summed E-state index contributed by atoms with van der Waals surface area (Å²) in [5.74, 6) is -0.236. The summed E-state index contributed by atoms with van der Waals surface area (Å²) in [4.78, 5) is 23.8. The van der Waals surface area contributed by atoms with Crippen molar-refractivity contribution in [2.24, 2.45) is 0 Å². The van der Waals surface area contributed by atoms with Gasteiger partial charge in [-0.15, -0.1) is 23.2 Å². The summed E-state index contributed by atoms with van der Waals surface area (Å²) in [7, 11) is 0. The van der Waals surface area contributed by atoms with Gasteiger partial charge in [-0.2, -0.15) is 0 Å². The zero-order chi connectivity index (χ0) is 15.7. The Morgan fingerprint density at radius 1 is 1.05 bits per heavy atom. The highest BCUT2D eigenvalue weighted by Crippen LogP contribution is 2.20. The van der Waals surface area contributed by atoms with Crippen molar-refractivity contribution in [1.82, 2.24) is 0 Å². The van der Waals surface area contributed by atoms with E-state index in [9.17, 15) is 9.59 Å². The first-order valence-corrected chi connectivity index (χ1v) is 7.53. The molecule has 0 unspecified atom stereocenters. The van der Waals surface area contributed by atoms with E-state index in [4.69, 9.17) is 33.0 Å². The number of alkyl halides is 2. The van der Waals surface area contributed by atoms with Gasteiger partial charge < -0.3 is 14.7 Å². The fraction of sp³-hybridized carbons (Fsp3) is 0.429. The molecule has 0 bridgehead atoms. The molecule has 0 aromatic heterocycles. The van der Waals surface area contributed by atoms with Gasteiger partial charge in [0.05, 0.1) is 12.8 Å². The number of carboxylic acid groups (broad SMARTS) is 1. The van der Waals surface area contributed by atoms with Crippen molar-refractivity contribution >= 4 is 40.8 Å². The van der Waals surface area contributed by atoms with Gasteiger partial charge in [-0.25, -0.2) is 0 Å². The van der Waals surface area contributed by atoms with Crippen LogP contribution in [0.2, 0.25) is 0 Å². The van der Waals surface area contributed by atoms with Crippen molar-refractivity contribution in [3.05, 3.63) is 24.3 Å². The van der Waals surface area contributed by atoms with Crippen LogP contribution in [0.25, 0.3) is 0 Å². The predicted molar refractivity (Wildman–Crippen MR) is 82.6 cm³/mol. The number of anilines is 1. The number of carbonyl (C=O) groups is 2. The maximum absolute atomic E-state index is 11.4. The normalized spacial score (nSPS) is 10.2. The van der Waals surface area contributed by atoms with Crippen LogP contribution < -0.4 is 9.64 Å². The molecule has 0 saturated carbocycles. The van der Waals surface area contributed by atoms with E-state index in [1.165, 1.54) is 0 Å². The molecule has 0 heterocycles. The molecule has 0 atom stereocenters. The van der Waals surface area contributed by atoms with Gasteiger partial charge in [0, 0.05) is 30.5 Å². The number of hydrogen-bond donors (Lipinski definition) is 1. The van der Waals surface area contributed by atoms with E-state index < -0.39 is 11.9 Å². The lowest BCUT2D eigenvalue weighted by molar-refractivity contribution is -0.142. The number of rotatable bonds is 9. The molecule has 0 amide bonds. The summed E-state index contributed by atoms with van der Waals surface area (Å²) in [5, 5.41) is 8.49. The lowest BCUT2D eigenvalue weighted by atomic mass is 10.2. The Kier molecular flexibility index (Phi) is 7.93. The summed E-state index contributed by atoms with van der Waals surface area (Å²) in [6.07, 6.45) is -0.391. The average molecular weight is 334 g/mol. The number of ether oxygens (including phenoxy) is 1. The number of hydrogen-bond acceptors (Lipinski definition) is 4. The lowest BCUT2D eigenvalue weighted by Crippen LogP contribution is -2.27. The third-order valence-electron chi connectivity index (χ3n) is 2.69. The molecule has 116 valence electrons. The van der Waals surface area contributed by atoms with Crippen molar-refractivity contribution < 1.29 is 19.4 Å². The molecule has 0 fully saturated rings. The van der Waals surface area contributed by atoms with E-state index >= 15 is 0 Å². The molecule has 7 heteroatoms. The number of esters is 1. The molecule has 0 aliphatic carbocycles. The number of benzene rings is 1. The van der Waals surface area contributed by atoms with Gasteiger partial charge in [-0.1, -0.05) is 0 Å².